The fourth-order valence-corrected chi connectivity index (χ4v) is 2.06. The Morgan fingerprint density at radius 2 is 2.18 bits per heavy atom. The van der Waals surface area contributed by atoms with E-state index in [0.717, 1.165) is 32.1 Å². The van der Waals surface area contributed by atoms with Crippen LogP contribution in [0.5, 0.6) is 5.75 Å². The van der Waals surface area contributed by atoms with E-state index in [0.29, 0.717) is 6.10 Å². The molecule has 1 aliphatic rings. The smallest absolute Gasteiger partial charge is 0.119 e. The molecule has 1 atom stereocenters. The lowest BCUT2D eigenvalue weighted by Crippen LogP contribution is -2.32. The first-order valence-corrected chi connectivity index (χ1v) is 6.32. The summed E-state index contributed by atoms with van der Waals surface area (Å²) in [6, 6.07) is 9.95. The number of benzene rings is 1. The minimum atomic E-state index is 0.428. The SMILES string of the molecule is CN(CCOc1ccccc1)C[C@H]1CCCO1. The van der Waals surface area contributed by atoms with E-state index < -0.39 is 0 Å². The quantitative estimate of drug-likeness (QED) is 0.754. The molecule has 1 heterocycles. The standard InChI is InChI=1S/C14H21NO2/c1-15(12-14-8-5-10-16-14)9-11-17-13-6-3-2-4-7-13/h2-4,6-7,14H,5,8-12H2,1H3/t14-/m1/s1. The second-order valence-corrected chi connectivity index (χ2v) is 4.56. The lowest BCUT2D eigenvalue weighted by molar-refractivity contribution is 0.0771. The maximum Gasteiger partial charge on any atom is 0.119 e. The summed E-state index contributed by atoms with van der Waals surface area (Å²) in [7, 11) is 2.12. The molecule has 1 aromatic carbocycles. The highest BCUT2D eigenvalue weighted by Gasteiger charge is 2.16. The molecule has 2 rings (SSSR count). The maximum atomic E-state index is 5.66. The first-order chi connectivity index (χ1) is 8.34. The minimum Gasteiger partial charge on any atom is -0.492 e. The Hall–Kier alpha value is -1.06. The molecule has 0 aliphatic carbocycles. The lowest BCUT2D eigenvalue weighted by atomic mass is 10.2. The molecule has 0 bridgehead atoms. The van der Waals surface area contributed by atoms with Gasteiger partial charge in [0.15, 0.2) is 0 Å². The number of nitrogens with zero attached hydrogens (tertiary/aromatic N) is 1. The van der Waals surface area contributed by atoms with Crippen molar-refractivity contribution >= 4 is 0 Å². The van der Waals surface area contributed by atoms with Crippen molar-refractivity contribution in [2.75, 3.05) is 33.4 Å². The molecule has 0 N–H and O–H groups in total. The van der Waals surface area contributed by atoms with Gasteiger partial charge in [-0.15, -0.1) is 0 Å². The van der Waals surface area contributed by atoms with E-state index in [9.17, 15) is 0 Å². The monoisotopic (exact) mass is 235 g/mol. The van der Waals surface area contributed by atoms with Crippen LogP contribution in [0.2, 0.25) is 0 Å². The lowest BCUT2D eigenvalue weighted by Gasteiger charge is -2.20. The summed E-state index contributed by atoms with van der Waals surface area (Å²) >= 11 is 0. The molecule has 0 unspecified atom stereocenters. The van der Waals surface area contributed by atoms with Gasteiger partial charge >= 0.3 is 0 Å². The van der Waals surface area contributed by atoms with Crippen LogP contribution in [0.3, 0.4) is 0 Å². The van der Waals surface area contributed by atoms with Crippen molar-refractivity contribution in [1.82, 2.24) is 4.90 Å². The number of likely N-dealkylation sites (N-methyl/N-ethyl adjacent to an activating group) is 1. The third-order valence-electron chi connectivity index (χ3n) is 3.02. The highest BCUT2D eigenvalue weighted by Crippen LogP contribution is 2.12. The molecule has 3 nitrogen and oxygen atoms in total. The Balaban J connectivity index is 1.61. The summed E-state index contributed by atoms with van der Waals surface area (Å²) in [6.07, 6.45) is 2.83. The Labute approximate surface area is 103 Å². The molecule has 94 valence electrons. The van der Waals surface area contributed by atoms with Crippen molar-refractivity contribution < 1.29 is 9.47 Å². The molecular formula is C14H21NO2. The van der Waals surface area contributed by atoms with Gasteiger partial charge in [-0.2, -0.15) is 0 Å². The summed E-state index contributed by atoms with van der Waals surface area (Å²) in [4.78, 5) is 2.28. The summed E-state index contributed by atoms with van der Waals surface area (Å²) in [6.45, 7) is 3.61. The summed E-state index contributed by atoms with van der Waals surface area (Å²) < 4.78 is 11.3. The van der Waals surface area contributed by atoms with Crippen molar-refractivity contribution in [1.29, 1.82) is 0 Å². The van der Waals surface area contributed by atoms with E-state index in [-0.39, 0.29) is 0 Å². The largest absolute Gasteiger partial charge is 0.492 e. The third-order valence-corrected chi connectivity index (χ3v) is 3.02. The molecule has 3 heteroatoms. The second kappa shape index (κ2) is 6.62. The third kappa shape index (κ3) is 4.36. The second-order valence-electron chi connectivity index (χ2n) is 4.56. The van der Waals surface area contributed by atoms with Crippen LogP contribution in [-0.4, -0.2) is 44.4 Å². The van der Waals surface area contributed by atoms with Crippen LogP contribution in [0.25, 0.3) is 0 Å². The van der Waals surface area contributed by atoms with Crippen molar-refractivity contribution in [2.24, 2.45) is 0 Å². The summed E-state index contributed by atoms with van der Waals surface area (Å²) in [5.41, 5.74) is 0. The Morgan fingerprint density at radius 3 is 2.88 bits per heavy atom. The molecule has 1 saturated heterocycles. The first-order valence-electron chi connectivity index (χ1n) is 6.32. The Morgan fingerprint density at radius 1 is 1.35 bits per heavy atom. The molecule has 1 aromatic rings. The van der Waals surface area contributed by atoms with Crippen LogP contribution in [0.15, 0.2) is 30.3 Å². The molecule has 1 aliphatic heterocycles. The van der Waals surface area contributed by atoms with Gasteiger partial charge in [-0.05, 0) is 32.0 Å². The normalized spacial score (nSPS) is 19.8. The van der Waals surface area contributed by atoms with Gasteiger partial charge < -0.3 is 14.4 Å². The van der Waals surface area contributed by atoms with E-state index in [1.54, 1.807) is 0 Å². The van der Waals surface area contributed by atoms with E-state index in [1.165, 1.54) is 12.8 Å². The Kier molecular flexibility index (Phi) is 4.83. The van der Waals surface area contributed by atoms with E-state index in [2.05, 4.69) is 11.9 Å². The zero-order valence-corrected chi connectivity index (χ0v) is 10.5. The van der Waals surface area contributed by atoms with Gasteiger partial charge in [0, 0.05) is 19.7 Å². The van der Waals surface area contributed by atoms with Gasteiger partial charge in [0.2, 0.25) is 0 Å². The predicted octanol–water partition coefficient (Wildman–Crippen LogP) is 2.18. The summed E-state index contributed by atoms with van der Waals surface area (Å²) in [5, 5.41) is 0. The van der Waals surface area contributed by atoms with Crippen LogP contribution >= 0.6 is 0 Å². The van der Waals surface area contributed by atoms with Crippen molar-refractivity contribution in [3.8, 4) is 5.75 Å². The maximum absolute atomic E-state index is 5.66. The predicted molar refractivity (Wildman–Crippen MR) is 68.4 cm³/mol. The van der Waals surface area contributed by atoms with E-state index >= 15 is 0 Å². The number of rotatable bonds is 6. The number of para-hydroxylation sites is 1. The molecule has 0 radical (unpaired) electrons. The highest BCUT2D eigenvalue weighted by molar-refractivity contribution is 5.20. The van der Waals surface area contributed by atoms with Gasteiger partial charge in [0.25, 0.3) is 0 Å². The molecule has 0 aromatic heterocycles. The van der Waals surface area contributed by atoms with Crippen molar-refractivity contribution in [3.05, 3.63) is 30.3 Å². The molecule has 1 fully saturated rings. The number of hydrogen-bond donors (Lipinski definition) is 0. The van der Waals surface area contributed by atoms with E-state index in [4.69, 9.17) is 9.47 Å². The average Bonchev–Trinajstić information content (AvgIpc) is 2.83. The van der Waals surface area contributed by atoms with Gasteiger partial charge in [-0.1, -0.05) is 18.2 Å². The molecule has 17 heavy (non-hydrogen) atoms. The van der Waals surface area contributed by atoms with Crippen LogP contribution < -0.4 is 4.74 Å². The molecular weight excluding hydrogens is 214 g/mol. The van der Waals surface area contributed by atoms with Crippen LogP contribution in [0, 0.1) is 0 Å². The van der Waals surface area contributed by atoms with Gasteiger partial charge in [0.1, 0.15) is 12.4 Å². The number of hydrogen-bond acceptors (Lipinski definition) is 3. The van der Waals surface area contributed by atoms with Crippen molar-refractivity contribution in [2.45, 2.75) is 18.9 Å². The zero-order valence-electron chi connectivity index (χ0n) is 10.5. The van der Waals surface area contributed by atoms with Crippen LogP contribution in [-0.2, 0) is 4.74 Å². The zero-order chi connectivity index (χ0) is 11.9. The molecule has 0 amide bonds. The topological polar surface area (TPSA) is 21.7 Å². The van der Waals surface area contributed by atoms with Crippen LogP contribution in [0.1, 0.15) is 12.8 Å². The van der Waals surface area contributed by atoms with Gasteiger partial charge in [-0.3, -0.25) is 0 Å². The highest BCUT2D eigenvalue weighted by atomic mass is 16.5. The fourth-order valence-electron chi connectivity index (χ4n) is 2.06. The number of ether oxygens (including phenoxy) is 2. The molecule has 0 saturated carbocycles. The summed E-state index contributed by atoms with van der Waals surface area (Å²) in [5.74, 6) is 0.943. The fraction of sp³-hybridized carbons (Fsp3) is 0.571. The van der Waals surface area contributed by atoms with Crippen LogP contribution in [0.4, 0.5) is 0 Å². The molecule has 0 spiro atoms. The van der Waals surface area contributed by atoms with Crippen molar-refractivity contribution in [3.63, 3.8) is 0 Å². The average molecular weight is 235 g/mol. The minimum absolute atomic E-state index is 0.428. The Bertz CT molecular complexity index is 309. The van der Waals surface area contributed by atoms with E-state index in [1.807, 2.05) is 30.3 Å². The van der Waals surface area contributed by atoms with Gasteiger partial charge in [0.05, 0.1) is 6.10 Å². The first kappa shape index (κ1) is 12.4. The van der Waals surface area contributed by atoms with Gasteiger partial charge in [-0.25, -0.2) is 0 Å².